The van der Waals surface area contributed by atoms with Gasteiger partial charge in [-0.05, 0) is 49.6 Å². The molecule has 202 valence electrons. The number of hydrogen-bond acceptors (Lipinski definition) is 7. The Labute approximate surface area is 226 Å². The average molecular weight is 529 g/mol. The lowest BCUT2D eigenvalue weighted by Crippen LogP contribution is -2.39. The van der Waals surface area contributed by atoms with Crippen LogP contribution in [0, 0.1) is 23.7 Å². The second-order valence-corrected chi connectivity index (χ2v) is 11.4. The normalized spacial score (nSPS) is 15.4. The minimum atomic E-state index is -1.07. The summed E-state index contributed by atoms with van der Waals surface area (Å²) in [4.78, 5) is 31.9. The highest BCUT2D eigenvalue weighted by Gasteiger charge is 2.34. The van der Waals surface area contributed by atoms with Crippen molar-refractivity contribution in [1.82, 2.24) is 9.55 Å². The van der Waals surface area contributed by atoms with E-state index >= 15 is 0 Å². The number of piperidine rings is 1. The van der Waals surface area contributed by atoms with Gasteiger partial charge in [-0.3, -0.25) is 4.79 Å². The van der Waals surface area contributed by atoms with Crippen LogP contribution in [-0.2, 0) is 11.8 Å². The Hall–Kier alpha value is -4.32. The summed E-state index contributed by atoms with van der Waals surface area (Å²) in [5.74, 6) is 0.148. The van der Waals surface area contributed by atoms with E-state index in [4.69, 9.17) is 14.1 Å². The maximum absolute atomic E-state index is 13.2. The Kier molecular flexibility index (Phi) is 6.59. The van der Waals surface area contributed by atoms with Crippen molar-refractivity contribution in [3.63, 3.8) is 0 Å². The van der Waals surface area contributed by atoms with Crippen molar-refractivity contribution >= 4 is 33.7 Å². The monoisotopic (exact) mass is 528 g/mol. The average Bonchev–Trinajstić information content (AvgIpc) is 3.31. The number of benzene rings is 2. The highest BCUT2D eigenvalue weighted by atomic mass is 16.5. The van der Waals surface area contributed by atoms with Crippen LogP contribution in [0.25, 0.3) is 22.0 Å². The highest BCUT2D eigenvalue weighted by molar-refractivity contribution is 5.95. The number of rotatable bonds is 5. The third kappa shape index (κ3) is 4.83. The zero-order chi connectivity index (χ0) is 28.1. The van der Waals surface area contributed by atoms with E-state index < -0.39 is 23.0 Å². The number of nitrogens with zero attached hydrogens (tertiary/aromatic N) is 4. The Morgan fingerprint density at radius 2 is 1.92 bits per heavy atom. The summed E-state index contributed by atoms with van der Waals surface area (Å²) >= 11 is 0. The number of aryl methyl sites for hydroxylation is 2. The molecule has 0 radical (unpaired) electrons. The fraction of sp³-hybridized carbons (Fsp3) is 0.400. The fourth-order valence-electron chi connectivity index (χ4n) is 5.32. The summed E-state index contributed by atoms with van der Waals surface area (Å²) in [6.45, 7) is 8.67. The molecule has 0 unspecified atom stereocenters. The van der Waals surface area contributed by atoms with Crippen LogP contribution < -0.4 is 15.2 Å². The van der Waals surface area contributed by atoms with Crippen molar-refractivity contribution in [3.8, 4) is 11.8 Å². The number of hydrogen-bond donors (Lipinski definition) is 1. The summed E-state index contributed by atoms with van der Waals surface area (Å²) in [5.41, 5.74) is 2.97. The lowest BCUT2D eigenvalue weighted by Gasteiger charge is -2.34. The van der Waals surface area contributed by atoms with Crippen LogP contribution in [0.5, 0.6) is 5.75 Å². The molecule has 0 saturated carbocycles. The molecule has 1 atom stereocenters. The van der Waals surface area contributed by atoms with Crippen LogP contribution in [0.2, 0.25) is 0 Å². The number of aliphatic carboxylic acids is 1. The van der Waals surface area contributed by atoms with E-state index in [2.05, 4.69) is 11.0 Å². The van der Waals surface area contributed by atoms with E-state index in [1.165, 1.54) is 4.57 Å². The van der Waals surface area contributed by atoms with Crippen LogP contribution in [0.1, 0.15) is 56.5 Å². The first-order chi connectivity index (χ1) is 18.5. The first-order valence-electron chi connectivity index (χ1n) is 13.1. The Bertz CT molecular complexity index is 1680. The zero-order valence-corrected chi connectivity index (χ0v) is 22.8. The minimum Gasteiger partial charge on any atom is -0.478 e. The SMILES string of the molecule is Cc1ccc2oc(C3CCN(c4c(C#N)c(=O)n(C)c5cc(O[C@@H](C(=O)O)C(C)(C)C)ccc45)CC3)nc2c1. The predicted octanol–water partition coefficient (Wildman–Crippen LogP) is 5.12. The Morgan fingerprint density at radius 1 is 1.21 bits per heavy atom. The van der Waals surface area contributed by atoms with E-state index in [1.54, 1.807) is 46.0 Å². The summed E-state index contributed by atoms with van der Waals surface area (Å²) in [6.07, 6.45) is 0.459. The van der Waals surface area contributed by atoms with Gasteiger partial charge >= 0.3 is 5.97 Å². The molecule has 39 heavy (non-hydrogen) atoms. The van der Waals surface area contributed by atoms with Gasteiger partial charge in [0, 0.05) is 42.9 Å². The van der Waals surface area contributed by atoms with Crippen LogP contribution in [0.3, 0.4) is 0 Å². The first kappa shape index (κ1) is 26.3. The molecule has 4 aromatic rings. The smallest absolute Gasteiger partial charge is 0.345 e. The molecular formula is C30H32N4O5. The molecule has 1 saturated heterocycles. The van der Waals surface area contributed by atoms with Crippen LogP contribution in [-0.4, -0.2) is 39.8 Å². The quantitative estimate of drug-likeness (QED) is 0.379. The number of aromatic nitrogens is 2. The van der Waals surface area contributed by atoms with Crippen molar-refractivity contribution in [1.29, 1.82) is 5.26 Å². The number of anilines is 1. The van der Waals surface area contributed by atoms with Gasteiger partial charge < -0.3 is 23.7 Å². The predicted molar refractivity (Wildman–Crippen MR) is 148 cm³/mol. The maximum Gasteiger partial charge on any atom is 0.345 e. The molecule has 9 nitrogen and oxygen atoms in total. The second kappa shape index (κ2) is 9.77. The molecule has 5 rings (SSSR count). The number of carboxylic acid groups (broad SMARTS) is 1. The second-order valence-electron chi connectivity index (χ2n) is 11.4. The van der Waals surface area contributed by atoms with E-state index in [1.807, 2.05) is 25.1 Å². The molecule has 2 aromatic carbocycles. The number of carboxylic acids is 1. The molecule has 1 fully saturated rings. The van der Waals surface area contributed by atoms with Gasteiger partial charge in [0.05, 0.1) is 11.2 Å². The molecule has 0 bridgehead atoms. The van der Waals surface area contributed by atoms with Gasteiger partial charge in [-0.25, -0.2) is 9.78 Å². The van der Waals surface area contributed by atoms with Gasteiger partial charge in [0.25, 0.3) is 5.56 Å². The minimum absolute atomic E-state index is 0.0903. The summed E-state index contributed by atoms with van der Waals surface area (Å²) < 4.78 is 13.3. The van der Waals surface area contributed by atoms with Gasteiger partial charge in [-0.1, -0.05) is 26.8 Å². The first-order valence-corrected chi connectivity index (χ1v) is 13.1. The standard InChI is InChI=1S/C30H32N4O5/c1-17-6-9-24-22(14-17)32-27(39-24)18-10-12-34(13-11-18)25-20-8-7-19(38-26(29(36)37)30(2,3)4)15-23(20)33(5)28(35)21(25)16-31/h6-9,14-15,18,26H,10-13H2,1-5H3,(H,36,37)/t26-/m0/s1. The highest BCUT2D eigenvalue weighted by Crippen LogP contribution is 2.37. The van der Waals surface area contributed by atoms with E-state index in [-0.39, 0.29) is 11.5 Å². The van der Waals surface area contributed by atoms with Crippen LogP contribution in [0.4, 0.5) is 5.69 Å². The van der Waals surface area contributed by atoms with Crippen molar-refractivity contribution < 1.29 is 19.1 Å². The third-order valence-electron chi connectivity index (χ3n) is 7.44. The van der Waals surface area contributed by atoms with E-state index in [9.17, 15) is 20.0 Å². The molecule has 1 aliphatic rings. The van der Waals surface area contributed by atoms with Crippen molar-refractivity contribution in [2.75, 3.05) is 18.0 Å². The number of carbonyl (C=O) groups is 1. The topological polar surface area (TPSA) is 122 Å². The van der Waals surface area contributed by atoms with E-state index in [0.717, 1.165) is 40.8 Å². The van der Waals surface area contributed by atoms with Crippen molar-refractivity contribution in [2.45, 2.75) is 52.6 Å². The van der Waals surface area contributed by atoms with Crippen LogP contribution in [0.15, 0.2) is 45.6 Å². The largest absolute Gasteiger partial charge is 0.478 e. The number of ether oxygens (including phenoxy) is 1. The van der Waals surface area contributed by atoms with E-state index in [0.29, 0.717) is 30.0 Å². The Morgan fingerprint density at radius 3 is 2.56 bits per heavy atom. The molecule has 2 aromatic heterocycles. The van der Waals surface area contributed by atoms with Gasteiger partial charge in [0.15, 0.2) is 17.6 Å². The lowest BCUT2D eigenvalue weighted by molar-refractivity contribution is -0.150. The molecule has 0 spiro atoms. The molecule has 1 aliphatic heterocycles. The van der Waals surface area contributed by atoms with Gasteiger partial charge in [-0.2, -0.15) is 5.26 Å². The summed E-state index contributed by atoms with van der Waals surface area (Å²) in [7, 11) is 1.61. The van der Waals surface area contributed by atoms with Gasteiger partial charge in [-0.15, -0.1) is 0 Å². The summed E-state index contributed by atoms with van der Waals surface area (Å²) in [6, 6.07) is 13.3. The van der Waals surface area contributed by atoms with Crippen molar-refractivity contribution in [3.05, 3.63) is 63.8 Å². The maximum atomic E-state index is 13.2. The van der Waals surface area contributed by atoms with Gasteiger partial charge in [0.2, 0.25) is 0 Å². The lowest BCUT2D eigenvalue weighted by atomic mass is 9.89. The molecule has 0 amide bonds. The molecular weight excluding hydrogens is 496 g/mol. The molecule has 1 N–H and O–H groups in total. The number of fused-ring (bicyclic) bond motifs is 2. The van der Waals surface area contributed by atoms with Crippen molar-refractivity contribution in [2.24, 2.45) is 12.5 Å². The Balaban J connectivity index is 1.48. The molecule has 3 heterocycles. The zero-order valence-electron chi connectivity index (χ0n) is 22.8. The third-order valence-corrected chi connectivity index (χ3v) is 7.44. The van der Waals surface area contributed by atoms with Crippen LogP contribution >= 0.6 is 0 Å². The summed E-state index contributed by atoms with van der Waals surface area (Å²) in [5, 5.41) is 20.4. The number of nitriles is 1. The fourth-order valence-corrected chi connectivity index (χ4v) is 5.32. The molecule has 0 aliphatic carbocycles. The number of oxazole rings is 1. The van der Waals surface area contributed by atoms with Gasteiger partial charge in [0.1, 0.15) is 22.9 Å². The molecule has 9 heteroatoms. The number of pyridine rings is 1.